The Morgan fingerprint density at radius 1 is 1.11 bits per heavy atom. The molecule has 2 aromatic rings. The van der Waals surface area contributed by atoms with Crippen LogP contribution in [0.15, 0.2) is 48.5 Å². The van der Waals surface area contributed by atoms with Gasteiger partial charge in [-0.25, -0.2) is 0 Å². The van der Waals surface area contributed by atoms with Crippen molar-refractivity contribution < 1.29 is 4.79 Å². The number of hydrogen-bond acceptors (Lipinski definition) is 3. The van der Waals surface area contributed by atoms with Crippen molar-refractivity contribution in [2.45, 2.75) is 6.54 Å². The van der Waals surface area contributed by atoms with Crippen molar-refractivity contribution in [3.8, 4) is 6.07 Å². The van der Waals surface area contributed by atoms with E-state index >= 15 is 0 Å². The maximum atomic E-state index is 11.9. The van der Waals surface area contributed by atoms with Crippen LogP contribution in [0.3, 0.4) is 0 Å². The van der Waals surface area contributed by atoms with E-state index in [0.29, 0.717) is 23.4 Å². The summed E-state index contributed by atoms with van der Waals surface area (Å²) in [7, 11) is 0. The molecule has 0 bridgehead atoms. The minimum atomic E-state index is -0.165. The summed E-state index contributed by atoms with van der Waals surface area (Å²) >= 11 is 0. The monoisotopic (exact) mass is 251 g/mol. The van der Waals surface area contributed by atoms with Crippen LogP contribution in [0.1, 0.15) is 21.5 Å². The molecule has 0 spiro atoms. The minimum absolute atomic E-state index is 0.165. The second kappa shape index (κ2) is 5.69. The van der Waals surface area contributed by atoms with E-state index < -0.39 is 0 Å². The largest absolute Gasteiger partial charge is 0.399 e. The molecular weight excluding hydrogens is 238 g/mol. The van der Waals surface area contributed by atoms with Gasteiger partial charge in [-0.1, -0.05) is 12.1 Å². The van der Waals surface area contributed by atoms with Crippen LogP contribution in [-0.2, 0) is 6.54 Å². The van der Waals surface area contributed by atoms with Gasteiger partial charge in [0.2, 0.25) is 0 Å². The highest BCUT2D eigenvalue weighted by Crippen LogP contribution is 2.06. The predicted octanol–water partition coefficient (Wildman–Crippen LogP) is 2.07. The Morgan fingerprint density at radius 2 is 1.74 bits per heavy atom. The quantitative estimate of drug-likeness (QED) is 0.819. The number of nitrogens with two attached hydrogens (primary N) is 1. The van der Waals surface area contributed by atoms with E-state index in [9.17, 15) is 4.79 Å². The molecule has 0 radical (unpaired) electrons. The summed E-state index contributed by atoms with van der Waals surface area (Å²) in [4.78, 5) is 11.9. The summed E-state index contributed by atoms with van der Waals surface area (Å²) in [6.07, 6.45) is 0. The number of benzene rings is 2. The summed E-state index contributed by atoms with van der Waals surface area (Å²) in [5.41, 5.74) is 8.34. The molecule has 0 saturated heterocycles. The Labute approximate surface area is 111 Å². The number of nitriles is 1. The first kappa shape index (κ1) is 12.7. The van der Waals surface area contributed by atoms with Crippen molar-refractivity contribution in [3.05, 3.63) is 65.2 Å². The molecule has 4 heteroatoms. The third-order valence-electron chi connectivity index (χ3n) is 2.71. The van der Waals surface area contributed by atoms with Gasteiger partial charge in [-0.05, 0) is 42.0 Å². The third-order valence-corrected chi connectivity index (χ3v) is 2.71. The van der Waals surface area contributed by atoms with E-state index in [4.69, 9.17) is 11.0 Å². The number of carbonyl (C=O) groups is 1. The molecule has 0 unspecified atom stereocenters. The van der Waals surface area contributed by atoms with Crippen LogP contribution in [-0.4, -0.2) is 5.91 Å². The second-order valence-corrected chi connectivity index (χ2v) is 4.11. The van der Waals surface area contributed by atoms with E-state index in [1.165, 1.54) is 0 Å². The van der Waals surface area contributed by atoms with Crippen LogP contribution < -0.4 is 11.1 Å². The van der Waals surface area contributed by atoms with Gasteiger partial charge in [0.15, 0.2) is 0 Å². The van der Waals surface area contributed by atoms with Crippen LogP contribution in [0, 0.1) is 11.3 Å². The van der Waals surface area contributed by atoms with Gasteiger partial charge in [0.05, 0.1) is 11.6 Å². The first-order chi connectivity index (χ1) is 9.19. The molecular formula is C15H13N3O. The van der Waals surface area contributed by atoms with Gasteiger partial charge in [0, 0.05) is 17.8 Å². The highest BCUT2D eigenvalue weighted by molar-refractivity contribution is 5.94. The fraction of sp³-hybridized carbons (Fsp3) is 0.0667. The molecule has 0 aliphatic rings. The highest BCUT2D eigenvalue weighted by atomic mass is 16.1. The van der Waals surface area contributed by atoms with Crippen molar-refractivity contribution >= 4 is 11.6 Å². The predicted molar refractivity (Wildman–Crippen MR) is 73.2 cm³/mol. The fourth-order valence-corrected chi connectivity index (χ4v) is 1.62. The summed E-state index contributed by atoms with van der Waals surface area (Å²) in [5, 5.41) is 11.5. The minimum Gasteiger partial charge on any atom is -0.399 e. The molecule has 0 aromatic heterocycles. The lowest BCUT2D eigenvalue weighted by Gasteiger charge is -2.05. The third kappa shape index (κ3) is 3.33. The highest BCUT2D eigenvalue weighted by Gasteiger charge is 2.04. The average Bonchev–Trinajstić information content (AvgIpc) is 2.46. The average molecular weight is 251 g/mol. The SMILES string of the molecule is N#Cc1ccc(C(=O)NCc2ccc(N)cc2)cc1. The number of amides is 1. The van der Waals surface area contributed by atoms with Gasteiger partial charge in [0.1, 0.15) is 0 Å². The van der Waals surface area contributed by atoms with E-state index in [1.807, 2.05) is 18.2 Å². The molecule has 2 rings (SSSR count). The van der Waals surface area contributed by atoms with Gasteiger partial charge in [0.25, 0.3) is 5.91 Å². The number of rotatable bonds is 3. The second-order valence-electron chi connectivity index (χ2n) is 4.11. The molecule has 0 aliphatic carbocycles. The summed E-state index contributed by atoms with van der Waals surface area (Å²) in [5.74, 6) is -0.165. The lowest BCUT2D eigenvalue weighted by atomic mass is 10.1. The fourth-order valence-electron chi connectivity index (χ4n) is 1.62. The van der Waals surface area contributed by atoms with Crippen LogP contribution in [0.5, 0.6) is 0 Å². The van der Waals surface area contributed by atoms with Gasteiger partial charge < -0.3 is 11.1 Å². The van der Waals surface area contributed by atoms with E-state index in [2.05, 4.69) is 5.32 Å². The first-order valence-corrected chi connectivity index (χ1v) is 5.82. The smallest absolute Gasteiger partial charge is 0.251 e. The lowest BCUT2D eigenvalue weighted by Crippen LogP contribution is -2.22. The zero-order chi connectivity index (χ0) is 13.7. The number of nitrogens with zero attached hydrogens (tertiary/aromatic N) is 1. The molecule has 2 aromatic carbocycles. The molecule has 0 heterocycles. The van der Waals surface area contributed by atoms with Crippen molar-refractivity contribution in [1.82, 2.24) is 5.32 Å². The number of nitrogen functional groups attached to an aromatic ring is 1. The number of hydrogen-bond donors (Lipinski definition) is 2. The standard InChI is InChI=1S/C15H13N3O/c16-9-11-1-5-13(6-2-11)15(19)18-10-12-3-7-14(17)8-4-12/h1-8H,10,17H2,(H,18,19). The number of carbonyl (C=O) groups excluding carboxylic acids is 1. The van der Waals surface area contributed by atoms with Crippen LogP contribution in [0.4, 0.5) is 5.69 Å². The molecule has 3 N–H and O–H groups in total. The van der Waals surface area contributed by atoms with Crippen molar-refractivity contribution in [2.75, 3.05) is 5.73 Å². The Hall–Kier alpha value is -2.80. The summed E-state index contributed by atoms with van der Waals surface area (Å²) in [6, 6.07) is 15.9. The molecule has 0 fully saturated rings. The Balaban J connectivity index is 1.97. The number of nitrogens with one attached hydrogen (secondary N) is 1. The Kier molecular flexibility index (Phi) is 3.79. The Morgan fingerprint density at radius 3 is 2.32 bits per heavy atom. The lowest BCUT2D eigenvalue weighted by molar-refractivity contribution is 0.0951. The molecule has 0 saturated carbocycles. The van der Waals surface area contributed by atoms with Crippen LogP contribution in [0.25, 0.3) is 0 Å². The molecule has 4 nitrogen and oxygen atoms in total. The van der Waals surface area contributed by atoms with Crippen molar-refractivity contribution in [1.29, 1.82) is 5.26 Å². The van der Waals surface area contributed by atoms with Crippen LogP contribution >= 0.6 is 0 Å². The zero-order valence-electron chi connectivity index (χ0n) is 10.3. The maximum absolute atomic E-state index is 11.9. The zero-order valence-corrected chi connectivity index (χ0v) is 10.3. The van der Waals surface area contributed by atoms with Crippen molar-refractivity contribution in [2.24, 2.45) is 0 Å². The molecule has 0 aliphatic heterocycles. The molecule has 0 atom stereocenters. The van der Waals surface area contributed by atoms with Crippen LogP contribution in [0.2, 0.25) is 0 Å². The molecule has 94 valence electrons. The van der Waals surface area contributed by atoms with Gasteiger partial charge in [-0.2, -0.15) is 5.26 Å². The maximum Gasteiger partial charge on any atom is 0.251 e. The topological polar surface area (TPSA) is 78.9 Å². The van der Waals surface area contributed by atoms with Gasteiger partial charge in [-0.3, -0.25) is 4.79 Å². The number of anilines is 1. The van der Waals surface area contributed by atoms with Gasteiger partial charge >= 0.3 is 0 Å². The molecule has 19 heavy (non-hydrogen) atoms. The molecule has 1 amide bonds. The normalized spacial score (nSPS) is 9.63. The summed E-state index contributed by atoms with van der Waals surface area (Å²) in [6.45, 7) is 0.444. The first-order valence-electron chi connectivity index (χ1n) is 5.82. The van der Waals surface area contributed by atoms with Gasteiger partial charge in [-0.15, -0.1) is 0 Å². The Bertz CT molecular complexity index is 609. The van der Waals surface area contributed by atoms with E-state index in [-0.39, 0.29) is 5.91 Å². The van der Waals surface area contributed by atoms with E-state index in [1.54, 1.807) is 36.4 Å². The van der Waals surface area contributed by atoms with E-state index in [0.717, 1.165) is 5.56 Å². The van der Waals surface area contributed by atoms with Crippen molar-refractivity contribution in [3.63, 3.8) is 0 Å². The summed E-state index contributed by atoms with van der Waals surface area (Å²) < 4.78 is 0.